The first-order valence-corrected chi connectivity index (χ1v) is 4.03. The monoisotopic (exact) mass is 198 g/mol. The lowest BCUT2D eigenvalue weighted by Gasteiger charge is -2.25. The Labute approximate surface area is 67.8 Å². The van der Waals surface area contributed by atoms with E-state index < -0.39 is 0 Å². The number of benzene rings is 1. The molecule has 1 aromatic rings. The summed E-state index contributed by atoms with van der Waals surface area (Å²) in [5.74, 6) is 0. The van der Waals surface area contributed by atoms with Crippen LogP contribution in [0.15, 0.2) is 22.7 Å². The minimum absolute atomic E-state index is 0.215. The molecule has 1 aliphatic carbocycles. The third kappa shape index (κ3) is 0.796. The molecule has 1 atom stereocenters. The Morgan fingerprint density at radius 1 is 1.50 bits per heavy atom. The van der Waals surface area contributed by atoms with Gasteiger partial charge in [-0.15, -0.1) is 0 Å². The average molecular weight is 199 g/mol. The van der Waals surface area contributed by atoms with Gasteiger partial charge in [-0.1, -0.05) is 22.0 Å². The van der Waals surface area contributed by atoms with Crippen molar-refractivity contribution in [3.05, 3.63) is 33.8 Å². The van der Waals surface area contributed by atoms with E-state index >= 15 is 0 Å². The Hall–Kier alpha value is -0.340. The molecule has 52 valence electrons. The van der Waals surface area contributed by atoms with E-state index in [-0.39, 0.29) is 6.10 Å². The topological polar surface area (TPSA) is 20.2 Å². The summed E-state index contributed by atoms with van der Waals surface area (Å²) in [7, 11) is 0. The maximum Gasteiger partial charge on any atom is 0.0833 e. The van der Waals surface area contributed by atoms with Crippen molar-refractivity contribution in [2.75, 3.05) is 0 Å². The van der Waals surface area contributed by atoms with Crippen LogP contribution < -0.4 is 0 Å². The lowest BCUT2D eigenvalue weighted by Crippen LogP contribution is -2.15. The summed E-state index contributed by atoms with van der Waals surface area (Å²) in [5.41, 5.74) is 2.35. The van der Waals surface area contributed by atoms with E-state index in [1.165, 1.54) is 5.56 Å². The van der Waals surface area contributed by atoms with Crippen molar-refractivity contribution >= 4 is 15.9 Å². The van der Waals surface area contributed by atoms with Crippen LogP contribution in [-0.2, 0) is 6.42 Å². The number of hydrogen-bond acceptors (Lipinski definition) is 1. The van der Waals surface area contributed by atoms with Crippen molar-refractivity contribution in [1.82, 2.24) is 0 Å². The fraction of sp³-hybridized carbons (Fsp3) is 0.250. The highest BCUT2D eigenvalue weighted by Crippen LogP contribution is 2.34. The molecular weight excluding hydrogens is 192 g/mol. The highest BCUT2D eigenvalue weighted by Gasteiger charge is 2.22. The maximum atomic E-state index is 9.20. The average Bonchev–Trinajstić information content (AvgIpc) is 1.92. The van der Waals surface area contributed by atoms with Crippen molar-refractivity contribution in [3.63, 3.8) is 0 Å². The molecule has 0 spiro atoms. The van der Waals surface area contributed by atoms with E-state index in [0.29, 0.717) is 0 Å². The quantitative estimate of drug-likeness (QED) is 0.677. The zero-order chi connectivity index (χ0) is 7.14. The van der Waals surface area contributed by atoms with E-state index in [0.717, 1.165) is 16.5 Å². The van der Waals surface area contributed by atoms with Gasteiger partial charge in [-0.3, -0.25) is 0 Å². The van der Waals surface area contributed by atoms with Crippen molar-refractivity contribution < 1.29 is 5.11 Å². The molecule has 0 saturated carbocycles. The number of rotatable bonds is 0. The Morgan fingerprint density at radius 2 is 2.30 bits per heavy atom. The third-order valence-corrected chi connectivity index (χ3v) is 2.37. The van der Waals surface area contributed by atoms with E-state index in [1.807, 2.05) is 18.2 Å². The predicted molar refractivity (Wildman–Crippen MR) is 42.8 cm³/mol. The van der Waals surface area contributed by atoms with Gasteiger partial charge in [-0.2, -0.15) is 0 Å². The maximum absolute atomic E-state index is 9.20. The second-order valence-electron chi connectivity index (χ2n) is 2.56. The first kappa shape index (κ1) is 6.38. The predicted octanol–water partition coefficient (Wildman–Crippen LogP) is 2.04. The molecule has 0 saturated heterocycles. The van der Waals surface area contributed by atoms with Crippen molar-refractivity contribution in [3.8, 4) is 0 Å². The van der Waals surface area contributed by atoms with Crippen LogP contribution in [0.25, 0.3) is 0 Å². The molecule has 0 aromatic heterocycles. The molecule has 2 heteroatoms. The van der Waals surface area contributed by atoms with Crippen LogP contribution in [0.2, 0.25) is 0 Å². The summed E-state index contributed by atoms with van der Waals surface area (Å²) < 4.78 is 1.05. The Bertz CT molecular complexity index is 270. The summed E-state index contributed by atoms with van der Waals surface area (Å²) >= 11 is 3.35. The standard InChI is InChI=1S/C8H7BrO/c9-6-2-1-5-3-8(10)7(5)4-6/h1-2,4,8,10H,3H2/t8-/m1/s1. The summed E-state index contributed by atoms with van der Waals surface area (Å²) in [5, 5.41) is 9.20. The molecule has 1 N–H and O–H groups in total. The molecule has 10 heavy (non-hydrogen) atoms. The van der Waals surface area contributed by atoms with Gasteiger partial charge in [0.15, 0.2) is 0 Å². The van der Waals surface area contributed by atoms with Gasteiger partial charge in [0.05, 0.1) is 6.10 Å². The molecule has 0 heterocycles. The zero-order valence-electron chi connectivity index (χ0n) is 5.34. The Kier molecular flexibility index (Phi) is 1.32. The molecule has 0 unspecified atom stereocenters. The van der Waals surface area contributed by atoms with Crippen LogP contribution in [0.5, 0.6) is 0 Å². The van der Waals surface area contributed by atoms with Crippen LogP contribution in [0.4, 0.5) is 0 Å². The number of hydrogen-bond donors (Lipinski definition) is 1. The van der Waals surface area contributed by atoms with Crippen LogP contribution in [0, 0.1) is 0 Å². The number of halogens is 1. The van der Waals surface area contributed by atoms with Crippen LogP contribution in [0.3, 0.4) is 0 Å². The fourth-order valence-corrected chi connectivity index (χ4v) is 1.63. The largest absolute Gasteiger partial charge is 0.388 e. The van der Waals surface area contributed by atoms with Crippen molar-refractivity contribution in [2.45, 2.75) is 12.5 Å². The molecule has 0 radical (unpaired) electrons. The molecule has 0 fully saturated rings. The third-order valence-electron chi connectivity index (χ3n) is 1.88. The Morgan fingerprint density at radius 3 is 2.90 bits per heavy atom. The molecule has 1 nitrogen and oxygen atoms in total. The van der Waals surface area contributed by atoms with Gasteiger partial charge in [0.1, 0.15) is 0 Å². The molecule has 0 amide bonds. The number of aliphatic hydroxyl groups is 1. The zero-order valence-corrected chi connectivity index (χ0v) is 6.93. The second kappa shape index (κ2) is 2.07. The second-order valence-corrected chi connectivity index (χ2v) is 3.48. The van der Waals surface area contributed by atoms with E-state index in [4.69, 9.17) is 0 Å². The lowest BCUT2D eigenvalue weighted by molar-refractivity contribution is 0.153. The molecule has 0 bridgehead atoms. The minimum atomic E-state index is -0.215. The molecular formula is C8H7BrO. The molecule has 1 aromatic carbocycles. The minimum Gasteiger partial charge on any atom is -0.388 e. The van der Waals surface area contributed by atoms with Crippen LogP contribution in [0.1, 0.15) is 17.2 Å². The first-order valence-electron chi connectivity index (χ1n) is 3.24. The van der Waals surface area contributed by atoms with Crippen LogP contribution >= 0.6 is 15.9 Å². The Balaban J connectivity index is 2.51. The van der Waals surface area contributed by atoms with Gasteiger partial charge in [0.25, 0.3) is 0 Å². The molecule has 0 aliphatic heterocycles. The lowest BCUT2D eigenvalue weighted by atomic mass is 9.86. The van der Waals surface area contributed by atoms with E-state index in [9.17, 15) is 5.11 Å². The smallest absolute Gasteiger partial charge is 0.0833 e. The summed E-state index contributed by atoms with van der Waals surface area (Å²) in [6, 6.07) is 6.03. The number of fused-ring (bicyclic) bond motifs is 1. The van der Waals surface area contributed by atoms with Gasteiger partial charge in [0.2, 0.25) is 0 Å². The van der Waals surface area contributed by atoms with Gasteiger partial charge in [-0.05, 0) is 23.3 Å². The van der Waals surface area contributed by atoms with Crippen LogP contribution in [-0.4, -0.2) is 5.11 Å². The van der Waals surface area contributed by atoms with Gasteiger partial charge in [-0.25, -0.2) is 0 Å². The van der Waals surface area contributed by atoms with Gasteiger partial charge in [0, 0.05) is 10.9 Å². The highest BCUT2D eigenvalue weighted by atomic mass is 79.9. The van der Waals surface area contributed by atoms with Crippen molar-refractivity contribution in [2.24, 2.45) is 0 Å². The normalized spacial score (nSPS) is 21.6. The fourth-order valence-electron chi connectivity index (χ4n) is 1.25. The molecule has 1 aliphatic rings. The summed E-state index contributed by atoms with van der Waals surface area (Å²) in [6.07, 6.45) is 0.607. The SMILES string of the molecule is O[C@@H]1Cc2ccc(Br)cc21. The highest BCUT2D eigenvalue weighted by molar-refractivity contribution is 9.10. The summed E-state index contributed by atoms with van der Waals surface area (Å²) in [6.45, 7) is 0. The van der Waals surface area contributed by atoms with Gasteiger partial charge >= 0.3 is 0 Å². The molecule has 2 rings (SSSR count). The van der Waals surface area contributed by atoms with Gasteiger partial charge < -0.3 is 5.11 Å². The number of aliphatic hydroxyl groups excluding tert-OH is 1. The first-order chi connectivity index (χ1) is 4.77. The van der Waals surface area contributed by atoms with Crippen molar-refractivity contribution in [1.29, 1.82) is 0 Å². The summed E-state index contributed by atoms with van der Waals surface area (Å²) in [4.78, 5) is 0. The van der Waals surface area contributed by atoms with E-state index in [1.54, 1.807) is 0 Å². The van der Waals surface area contributed by atoms with E-state index in [2.05, 4.69) is 15.9 Å².